The minimum absolute atomic E-state index is 0.0459. The first-order chi connectivity index (χ1) is 6.12. The molecule has 2 saturated heterocycles. The molecule has 0 radical (unpaired) electrons. The maximum absolute atomic E-state index is 6.13. The van der Waals surface area contributed by atoms with Crippen LogP contribution in [0.25, 0.3) is 0 Å². The molecule has 2 aliphatic rings. The zero-order chi connectivity index (χ0) is 9.36. The van der Waals surface area contributed by atoms with Crippen molar-refractivity contribution in [3.63, 3.8) is 0 Å². The maximum atomic E-state index is 6.13. The number of rotatable bonds is 0. The molecule has 3 heteroatoms. The van der Waals surface area contributed by atoms with Crippen molar-refractivity contribution in [2.24, 2.45) is 0 Å². The standard InChI is InChI=1S/C10H20N2O/c1-9(2)5-7-12-10(13-9)4-3-6-11-8-10/h11-12H,3-8H2,1-2H3. The molecule has 2 N–H and O–H groups in total. The molecule has 0 amide bonds. The predicted octanol–water partition coefficient (Wildman–Crippen LogP) is 0.855. The highest BCUT2D eigenvalue weighted by Crippen LogP contribution is 2.30. The second-order valence-corrected chi connectivity index (χ2v) is 4.81. The Balaban J connectivity index is 2.04. The molecule has 76 valence electrons. The number of nitrogens with one attached hydrogen (secondary N) is 2. The average molecular weight is 184 g/mol. The first-order valence-electron chi connectivity index (χ1n) is 5.28. The highest BCUT2D eigenvalue weighted by Gasteiger charge is 2.41. The van der Waals surface area contributed by atoms with Crippen molar-refractivity contribution >= 4 is 0 Å². The molecule has 0 saturated carbocycles. The van der Waals surface area contributed by atoms with Crippen molar-refractivity contribution in [2.45, 2.75) is 44.4 Å². The van der Waals surface area contributed by atoms with Gasteiger partial charge in [-0.15, -0.1) is 0 Å². The van der Waals surface area contributed by atoms with Gasteiger partial charge in [0.1, 0.15) is 5.72 Å². The third kappa shape index (κ3) is 2.03. The van der Waals surface area contributed by atoms with Gasteiger partial charge in [0.05, 0.1) is 5.60 Å². The van der Waals surface area contributed by atoms with Crippen LogP contribution in [0.1, 0.15) is 33.1 Å². The number of piperidine rings is 1. The minimum Gasteiger partial charge on any atom is -0.353 e. The fraction of sp³-hybridized carbons (Fsp3) is 1.00. The fourth-order valence-electron chi connectivity index (χ4n) is 2.32. The van der Waals surface area contributed by atoms with E-state index in [4.69, 9.17) is 4.74 Å². The van der Waals surface area contributed by atoms with Gasteiger partial charge < -0.3 is 10.1 Å². The van der Waals surface area contributed by atoms with Crippen LogP contribution in [0.15, 0.2) is 0 Å². The Morgan fingerprint density at radius 2 is 2.00 bits per heavy atom. The van der Waals surface area contributed by atoms with Crippen molar-refractivity contribution in [1.29, 1.82) is 0 Å². The summed E-state index contributed by atoms with van der Waals surface area (Å²) in [6.45, 7) is 7.53. The zero-order valence-electron chi connectivity index (χ0n) is 8.65. The molecule has 3 nitrogen and oxygen atoms in total. The van der Waals surface area contributed by atoms with E-state index in [1.807, 2.05) is 0 Å². The van der Waals surface area contributed by atoms with Crippen LogP contribution < -0.4 is 10.6 Å². The van der Waals surface area contributed by atoms with Gasteiger partial charge in [-0.1, -0.05) is 0 Å². The number of hydrogen-bond donors (Lipinski definition) is 2. The quantitative estimate of drug-likeness (QED) is 0.585. The lowest BCUT2D eigenvalue weighted by molar-refractivity contribution is -0.192. The Labute approximate surface area is 80.2 Å². The van der Waals surface area contributed by atoms with E-state index < -0.39 is 0 Å². The summed E-state index contributed by atoms with van der Waals surface area (Å²) in [4.78, 5) is 0. The van der Waals surface area contributed by atoms with E-state index in [0.29, 0.717) is 0 Å². The molecule has 0 bridgehead atoms. The van der Waals surface area contributed by atoms with E-state index in [9.17, 15) is 0 Å². The van der Waals surface area contributed by atoms with Crippen LogP contribution in [0.5, 0.6) is 0 Å². The normalized spacial score (nSPS) is 39.2. The summed E-state index contributed by atoms with van der Waals surface area (Å²) in [5.41, 5.74) is -0.0235. The van der Waals surface area contributed by atoms with Gasteiger partial charge in [0.25, 0.3) is 0 Å². The van der Waals surface area contributed by atoms with Crippen LogP contribution in [0.3, 0.4) is 0 Å². The molecule has 2 heterocycles. The summed E-state index contributed by atoms with van der Waals surface area (Å²) < 4.78 is 6.13. The molecule has 1 atom stereocenters. The lowest BCUT2D eigenvalue weighted by Gasteiger charge is -2.48. The highest BCUT2D eigenvalue weighted by atomic mass is 16.5. The van der Waals surface area contributed by atoms with E-state index in [0.717, 1.165) is 32.5 Å². The van der Waals surface area contributed by atoms with Crippen molar-refractivity contribution in [1.82, 2.24) is 10.6 Å². The van der Waals surface area contributed by atoms with Gasteiger partial charge in [-0.25, -0.2) is 0 Å². The number of hydrogen-bond acceptors (Lipinski definition) is 3. The molecule has 13 heavy (non-hydrogen) atoms. The van der Waals surface area contributed by atoms with Gasteiger partial charge in [0.15, 0.2) is 0 Å². The van der Waals surface area contributed by atoms with Gasteiger partial charge >= 0.3 is 0 Å². The van der Waals surface area contributed by atoms with Crippen LogP contribution in [-0.2, 0) is 4.74 Å². The molecule has 0 aromatic rings. The van der Waals surface area contributed by atoms with Crippen molar-refractivity contribution in [2.75, 3.05) is 19.6 Å². The average Bonchev–Trinajstić information content (AvgIpc) is 2.03. The Hall–Kier alpha value is -0.120. The summed E-state index contributed by atoms with van der Waals surface area (Å²) in [5, 5.41) is 6.90. The monoisotopic (exact) mass is 184 g/mol. The van der Waals surface area contributed by atoms with E-state index in [2.05, 4.69) is 24.5 Å². The van der Waals surface area contributed by atoms with Crippen LogP contribution in [0.2, 0.25) is 0 Å². The summed E-state index contributed by atoms with van der Waals surface area (Å²) >= 11 is 0. The Bertz CT molecular complexity index is 180. The third-order valence-corrected chi connectivity index (χ3v) is 2.99. The summed E-state index contributed by atoms with van der Waals surface area (Å²) in [5.74, 6) is 0. The van der Waals surface area contributed by atoms with Crippen LogP contribution in [0.4, 0.5) is 0 Å². The summed E-state index contributed by atoms with van der Waals surface area (Å²) in [6, 6.07) is 0. The summed E-state index contributed by atoms with van der Waals surface area (Å²) in [6.07, 6.45) is 3.46. The molecule has 2 rings (SSSR count). The first-order valence-corrected chi connectivity index (χ1v) is 5.28. The van der Waals surface area contributed by atoms with E-state index >= 15 is 0 Å². The van der Waals surface area contributed by atoms with Crippen molar-refractivity contribution in [3.05, 3.63) is 0 Å². The zero-order valence-corrected chi connectivity index (χ0v) is 8.65. The van der Waals surface area contributed by atoms with E-state index in [-0.39, 0.29) is 11.3 Å². The topological polar surface area (TPSA) is 33.3 Å². The Morgan fingerprint density at radius 1 is 1.15 bits per heavy atom. The van der Waals surface area contributed by atoms with Crippen LogP contribution in [0, 0.1) is 0 Å². The van der Waals surface area contributed by atoms with E-state index in [1.54, 1.807) is 0 Å². The largest absolute Gasteiger partial charge is 0.353 e. The number of ether oxygens (including phenoxy) is 1. The first kappa shape index (κ1) is 9.44. The third-order valence-electron chi connectivity index (χ3n) is 2.99. The minimum atomic E-state index is -0.0694. The molecule has 2 fully saturated rings. The van der Waals surface area contributed by atoms with E-state index in [1.165, 1.54) is 6.42 Å². The van der Waals surface area contributed by atoms with Crippen molar-refractivity contribution < 1.29 is 4.74 Å². The molecule has 0 aromatic heterocycles. The molecule has 1 unspecified atom stereocenters. The van der Waals surface area contributed by atoms with Gasteiger partial charge in [-0.05, 0) is 39.7 Å². The van der Waals surface area contributed by atoms with Gasteiger partial charge in [-0.2, -0.15) is 0 Å². The Kier molecular flexibility index (Phi) is 2.34. The SMILES string of the molecule is CC1(C)CCNC2(CCCNC2)O1. The molecule has 1 spiro atoms. The molecule has 0 aliphatic carbocycles. The fourth-order valence-corrected chi connectivity index (χ4v) is 2.32. The van der Waals surface area contributed by atoms with Crippen LogP contribution >= 0.6 is 0 Å². The second kappa shape index (κ2) is 3.23. The maximum Gasteiger partial charge on any atom is 0.132 e. The van der Waals surface area contributed by atoms with Gasteiger partial charge in [-0.3, -0.25) is 5.32 Å². The smallest absolute Gasteiger partial charge is 0.132 e. The lowest BCUT2D eigenvalue weighted by atomic mass is 9.95. The molecular formula is C10H20N2O. The molecule has 2 aliphatic heterocycles. The lowest BCUT2D eigenvalue weighted by Crippen LogP contribution is -2.64. The van der Waals surface area contributed by atoms with Crippen molar-refractivity contribution in [3.8, 4) is 0 Å². The summed E-state index contributed by atoms with van der Waals surface area (Å²) in [7, 11) is 0. The molecule has 0 aromatic carbocycles. The van der Waals surface area contributed by atoms with Gasteiger partial charge in [0, 0.05) is 13.1 Å². The van der Waals surface area contributed by atoms with Gasteiger partial charge in [0.2, 0.25) is 0 Å². The Morgan fingerprint density at radius 3 is 2.62 bits per heavy atom. The highest BCUT2D eigenvalue weighted by molar-refractivity contribution is 4.92. The molecular weight excluding hydrogens is 164 g/mol. The second-order valence-electron chi connectivity index (χ2n) is 4.81. The predicted molar refractivity (Wildman–Crippen MR) is 52.6 cm³/mol. The van der Waals surface area contributed by atoms with Crippen LogP contribution in [-0.4, -0.2) is 31.0 Å².